The van der Waals surface area contributed by atoms with Crippen molar-refractivity contribution in [2.75, 3.05) is 6.54 Å². The van der Waals surface area contributed by atoms with Gasteiger partial charge in [0.1, 0.15) is 17.9 Å². The molecule has 0 unspecified atom stereocenters. The standard InChI is InChI=1S/C21H27N5O3/c1-3-14-8-10-21(11-9-14)19(28)26(20(29)25-21)12-17(27)22-13(2)18-23-15-6-4-5-7-16(15)24-18/h4-7,13-14H,3,8-12H2,1-2H3,(H,22,27)(H,23,24)(H,25,29)/t13-,14?,21?/m0/s1. The Bertz CT molecular complexity index is 912. The van der Waals surface area contributed by atoms with Crippen LogP contribution in [0, 0.1) is 5.92 Å². The van der Waals surface area contributed by atoms with E-state index in [0.29, 0.717) is 24.6 Å². The van der Waals surface area contributed by atoms with E-state index in [1.165, 1.54) is 0 Å². The molecule has 4 rings (SSSR count). The number of hydrogen-bond acceptors (Lipinski definition) is 4. The summed E-state index contributed by atoms with van der Waals surface area (Å²) in [5.41, 5.74) is 0.887. The third-order valence-corrected chi connectivity index (χ3v) is 6.28. The van der Waals surface area contributed by atoms with Crippen molar-refractivity contribution in [1.82, 2.24) is 25.5 Å². The van der Waals surface area contributed by atoms with Gasteiger partial charge in [-0.2, -0.15) is 0 Å². The molecule has 1 spiro atoms. The number of para-hydroxylation sites is 2. The number of nitrogens with one attached hydrogen (secondary N) is 3. The molecule has 2 aromatic rings. The summed E-state index contributed by atoms with van der Waals surface area (Å²) in [4.78, 5) is 46.6. The molecule has 1 saturated carbocycles. The van der Waals surface area contributed by atoms with E-state index in [1.807, 2.05) is 31.2 Å². The van der Waals surface area contributed by atoms with Gasteiger partial charge in [-0.25, -0.2) is 9.78 Å². The molecular formula is C21H27N5O3. The topological polar surface area (TPSA) is 107 Å². The molecule has 3 N–H and O–H groups in total. The minimum Gasteiger partial charge on any atom is -0.345 e. The fraction of sp³-hybridized carbons (Fsp3) is 0.524. The van der Waals surface area contributed by atoms with Gasteiger partial charge < -0.3 is 15.6 Å². The molecule has 0 bridgehead atoms. The first-order chi connectivity index (χ1) is 13.9. The number of imidazole rings is 1. The fourth-order valence-corrected chi connectivity index (χ4v) is 4.41. The van der Waals surface area contributed by atoms with Crippen molar-refractivity contribution < 1.29 is 14.4 Å². The lowest BCUT2D eigenvalue weighted by Gasteiger charge is -2.34. The molecular weight excluding hydrogens is 370 g/mol. The van der Waals surface area contributed by atoms with E-state index in [9.17, 15) is 14.4 Å². The van der Waals surface area contributed by atoms with Crippen molar-refractivity contribution in [3.8, 4) is 0 Å². The van der Waals surface area contributed by atoms with Crippen LogP contribution in [0.1, 0.15) is 57.8 Å². The number of rotatable bonds is 5. The van der Waals surface area contributed by atoms with Crippen LogP contribution in [-0.2, 0) is 9.59 Å². The van der Waals surface area contributed by atoms with Crippen LogP contribution in [0.4, 0.5) is 4.79 Å². The summed E-state index contributed by atoms with van der Waals surface area (Å²) < 4.78 is 0. The predicted molar refractivity (Wildman–Crippen MR) is 108 cm³/mol. The lowest BCUT2D eigenvalue weighted by molar-refractivity contribution is -0.136. The second kappa shape index (κ2) is 7.50. The van der Waals surface area contributed by atoms with Crippen molar-refractivity contribution in [3.63, 3.8) is 0 Å². The maximum absolute atomic E-state index is 12.9. The Morgan fingerprint density at radius 3 is 2.72 bits per heavy atom. The maximum atomic E-state index is 12.9. The summed E-state index contributed by atoms with van der Waals surface area (Å²) in [5.74, 6) is 0.572. The van der Waals surface area contributed by atoms with Crippen LogP contribution >= 0.6 is 0 Å². The smallest absolute Gasteiger partial charge is 0.325 e. The molecule has 1 atom stereocenters. The van der Waals surface area contributed by atoms with Crippen LogP contribution in [0.3, 0.4) is 0 Å². The molecule has 2 heterocycles. The van der Waals surface area contributed by atoms with Gasteiger partial charge in [0.05, 0.1) is 17.1 Å². The Balaban J connectivity index is 1.39. The first-order valence-corrected chi connectivity index (χ1v) is 10.3. The van der Waals surface area contributed by atoms with Gasteiger partial charge in [-0.1, -0.05) is 25.5 Å². The molecule has 2 fully saturated rings. The van der Waals surface area contributed by atoms with Crippen LogP contribution in [-0.4, -0.2) is 44.8 Å². The lowest BCUT2D eigenvalue weighted by atomic mass is 9.75. The third kappa shape index (κ3) is 3.59. The summed E-state index contributed by atoms with van der Waals surface area (Å²) in [5, 5.41) is 5.69. The number of benzene rings is 1. The van der Waals surface area contributed by atoms with Crippen molar-refractivity contribution >= 4 is 28.9 Å². The summed E-state index contributed by atoms with van der Waals surface area (Å²) in [6.07, 6.45) is 4.22. The monoisotopic (exact) mass is 397 g/mol. The lowest BCUT2D eigenvalue weighted by Crippen LogP contribution is -2.50. The average Bonchev–Trinajstić information content (AvgIpc) is 3.24. The summed E-state index contributed by atoms with van der Waals surface area (Å²) >= 11 is 0. The SMILES string of the molecule is CCC1CCC2(CC1)NC(=O)N(CC(=O)N[C@@H](C)c1nc3ccccc3[nH]1)C2=O. The normalized spacial score (nSPS) is 25.4. The van der Waals surface area contributed by atoms with E-state index < -0.39 is 11.6 Å². The van der Waals surface area contributed by atoms with Gasteiger partial charge in [-0.05, 0) is 50.7 Å². The zero-order valence-corrected chi connectivity index (χ0v) is 16.8. The van der Waals surface area contributed by atoms with E-state index >= 15 is 0 Å². The second-order valence-electron chi connectivity index (χ2n) is 8.18. The highest BCUT2D eigenvalue weighted by Gasteiger charge is 2.52. The van der Waals surface area contributed by atoms with Crippen LogP contribution < -0.4 is 10.6 Å². The maximum Gasteiger partial charge on any atom is 0.325 e. The summed E-state index contributed by atoms with van der Waals surface area (Å²) in [6.45, 7) is 3.68. The van der Waals surface area contributed by atoms with Crippen LogP contribution in [0.25, 0.3) is 11.0 Å². The Hall–Kier alpha value is -2.90. The zero-order chi connectivity index (χ0) is 20.6. The average molecular weight is 397 g/mol. The van der Waals surface area contributed by atoms with Gasteiger partial charge in [0, 0.05) is 0 Å². The first-order valence-electron chi connectivity index (χ1n) is 10.3. The van der Waals surface area contributed by atoms with Gasteiger partial charge >= 0.3 is 6.03 Å². The molecule has 1 saturated heterocycles. The molecule has 1 aromatic carbocycles. The van der Waals surface area contributed by atoms with Gasteiger partial charge in [0.15, 0.2) is 0 Å². The minimum absolute atomic E-state index is 0.274. The number of imide groups is 1. The molecule has 2 aliphatic rings. The molecule has 1 aliphatic carbocycles. The number of carbonyl (C=O) groups is 3. The number of aromatic nitrogens is 2. The second-order valence-corrected chi connectivity index (χ2v) is 8.18. The van der Waals surface area contributed by atoms with Crippen LogP contribution in [0.2, 0.25) is 0 Å². The van der Waals surface area contributed by atoms with Gasteiger partial charge in [0.2, 0.25) is 5.91 Å². The molecule has 4 amide bonds. The number of amides is 4. The van der Waals surface area contributed by atoms with E-state index in [4.69, 9.17) is 0 Å². The van der Waals surface area contributed by atoms with E-state index in [-0.39, 0.29) is 24.4 Å². The number of hydrogen-bond donors (Lipinski definition) is 3. The number of nitrogens with zero attached hydrogens (tertiary/aromatic N) is 2. The highest BCUT2D eigenvalue weighted by molar-refractivity contribution is 6.09. The highest BCUT2D eigenvalue weighted by Crippen LogP contribution is 2.37. The van der Waals surface area contributed by atoms with Gasteiger partial charge in [-0.15, -0.1) is 0 Å². The summed E-state index contributed by atoms with van der Waals surface area (Å²) in [7, 11) is 0. The zero-order valence-electron chi connectivity index (χ0n) is 16.8. The quantitative estimate of drug-likeness (QED) is 0.674. The molecule has 29 heavy (non-hydrogen) atoms. The van der Waals surface area contributed by atoms with E-state index in [1.54, 1.807) is 0 Å². The van der Waals surface area contributed by atoms with E-state index in [2.05, 4.69) is 27.5 Å². The Morgan fingerprint density at radius 1 is 1.31 bits per heavy atom. The number of fused-ring (bicyclic) bond motifs is 1. The third-order valence-electron chi connectivity index (χ3n) is 6.28. The largest absolute Gasteiger partial charge is 0.345 e. The number of aromatic amines is 1. The number of carbonyl (C=O) groups excluding carboxylic acids is 3. The number of H-pyrrole nitrogens is 1. The van der Waals surface area contributed by atoms with Gasteiger partial charge in [-0.3, -0.25) is 14.5 Å². The Kier molecular flexibility index (Phi) is 5.02. The Morgan fingerprint density at radius 2 is 2.03 bits per heavy atom. The first kappa shape index (κ1) is 19.4. The molecule has 0 radical (unpaired) electrons. The van der Waals surface area contributed by atoms with Crippen molar-refractivity contribution in [3.05, 3.63) is 30.1 Å². The minimum atomic E-state index is -0.826. The van der Waals surface area contributed by atoms with Crippen LogP contribution in [0.5, 0.6) is 0 Å². The van der Waals surface area contributed by atoms with Crippen molar-refractivity contribution in [2.45, 2.75) is 57.5 Å². The van der Waals surface area contributed by atoms with Gasteiger partial charge in [0.25, 0.3) is 5.91 Å². The van der Waals surface area contributed by atoms with Crippen LogP contribution in [0.15, 0.2) is 24.3 Å². The predicted octanol–water partition coefficient (Wildman–Crippen LogP) is 2.63. The Labute approximate surface area is 169 Å². The van der Waals surface area contributed by atoms with Crippen molar-refractivity contribution in [1.29, 1.82) is 0 Å². The van der Waals surface area contributed by atoms with E-state index in [0.717, 1.165) is 35.2 Å². The molecule has 154 valence electrons. The summed E-state index contributed by atoms with van der Waals surface area (Å²) in [6, 6.07) is 6.78. The molecule has 8 heteroatoms. The highest BCUT2D eigenvalue weighted by atomic mass is 16.2. The molecule has 8 nitrogen and oxygen atoms in total. The fourth-order valence-electron chi connectivity index (χ4n) is 4.41. The molecule has 1 aromatic heterocycles. The molecule has 1 aliphatic heterocycles. The number of urea groups is 1. The van der Waals surface area contributed by atoms with Crippen molar-refractivity contribution in [2.24, 2.45) is 5.92 Å².